The van der Waals surface area contributed by atoms with Crippen LogP contribution in [0.15, 0.2) is 91.0 Å². The van der Waals surface area contributed by atoms with Crippen LogP contribution in [0, 0.1) is 0 Å². The average Bonchev–Trinajstić information content (AvgIpc) is 2.72. The summed E-state index contributed by atoms with van der Waals surface area (Å²) < 4.78 is 0. The monoisotopic (exact) mass is 354 g/mol. The van der Waals surface area contributed by atoms with E-state index in [1.165, 1.54) is 22.4 Å². The third-order valence-corrected chi connectivity index (χ3v) is 5.17. The minimum absolute atomic E-state index is 0.214. The molecule has 27 heavy (non-hydrogen) atoms. The molecule has 2 nitrogen and oxygen atoms in total. The van der Waals surface area contributed by atoms with Crippen LogP contribution in [0.4, 0.5) is 5.69 Å². The van der Waals surface area contributed by atoms with Crippen molar-refractivity contribution in [1.82, 2.24) is 4.90 Å². The van der Waals surface area contributed by atoms with Gasteiger partial charge in [-0.2, -0.15) is 0 Å². The zero-order valence-corrected chi connectivity index (χ0v) is 16.0. The molecular weight excluding hydrogens is 328 g/mol. The third kappa shape index (κ3) is 3.67. The maximum absolute atomic E-state index is 2.58. The highest BCUT2D eigenvalue weighted by Crippen LogP contribution is 2.42. The van der Waals surface area contributed by atoms with Crippen LogP contribution < -0.4 is 4.90 Å². The Hall–Kier alpha value is -2.84. The minimum Gasteiger partial charge on any atom is -0.352 e. The number of para-hydroxylation sites is 1. The zero-order chi connectivity index (χ0) is 18.6. The highest BCUT2D eigenvalue weighted by Gasteiger charge is 2.31. The number of benzene rings is 3. The highest BCUT2D eigenvalue weighted by atomic mass is 15.2. The lowest BCUT2D eigenvalue weighted by Crippen LogP contribution is -2.39. The molecule has 0 amide bonds. The molecule has 1 aliphatic heterocycles. The molecule has 0 N–H and O–H groups in total. The molecule has 0 bridgehead atoms. The van der Waals surface area contributed by atoms with E-state index >= 15 is 0 Å². The Morgan fingerprint density at radius 1 is 0.815 bits per heavy atom. The molecular formula is C25H26N2. The van der Waals surface area contributed by atoms with Gasteiger partial charge in [-0.05, 0) is 36.9 Å². The van der Waals surface area contributed by atoms with Crippen molar-refractivity contribution in [2.24, 2.45) is 0 Å². The standard InChI is InChI=1S/C25H26N2/c1-26(2)19-25(21-13-7-4-8-14-21)27-23-16-10-9-15-22(23)17-18-24(27)20-11-5-3-6-12-20/h3-18,24-25H,19H2,1-2H3/t24-,25?/m1/s1. The summed E-state index contributed by atoms with van der Waals surface area (Å²) in [5.41, 5.74) is 5.24. The predicted molar refractivity (Wildman–Crippen MR) is 115 cm³/mol. The molecule has 0 aliphatic carbocycles. The summed E-state index contributed by atoms with van der Waals surface area (Å²) >= 11 is 0. The maximum Gasteiger partial charge on any atom is 0.0737 e. The van der Waals surface area contributed by atoms with Gasteiger partial charge in [-0.3, -0.25) is 0 Å². The normalized spacial score (nSPS) is 17.0. The predicted octanol–water partition coefficient (Wildman–Crippen LogP) is 5.56. The van der Waals surface area contributed by atoms with E-state index in [0.717, 1.165) is 6.54 Å². The van der Waals surface area contributed by atoms with E-state index in [-0.39, 0.29) is 12.1 Å². The molecule has 3 aromatic rings. The van der Waals surface area contributed by atoms with E-state index in [4.69, 9.17) is 0 Å². The van der Waals surface area contributed by atoms with Crippen LogP contribution in [-0.2, 0) is 0 Å². The van der Waals surface area contributed by atoms with Gasteiger partial charge in [0.2, 0.25) is 0 Å². The van der Waals surface area contributed by atoms with Gasteiger partial charge < -0.3 is 9.80 Å². The number of nitrogens with zero attached hydrogens (tertiary/aromatic N) is 2. The smallest absolute Gasteiger partial charge is 0.0737 e. The molecule has 2 heteroatoms. The summed E-state index contributed by atoms with van der Waals surface area (Å²) in [5, 5.41) is 0. The second-order valence-electron chi connectivity index (χ2n) is 7.37. The summed E-state index contributed by atoms with van der Waals surface area (Å²) in [5.74, 6) is 0. The van der Waals surface area contributed by atoms with Crippen LogP contribution in [0.25, 0.3) is 6.08 Å². The van der Waals surface area contributed by atoms with Crippen LogP contribution in [0.2, 0.25) is 0 Å². The van der Waals surface area contributed by atoms with Crippen molar-refractivity contribution >= 4 is 11.8 Å². The lowest BCUT2D eigenvalue weighted by atomic mass is 9.92. The molecule has 3 aromatic carbocycles. The Balaban J connectivity index is 1.86. The van der Waals surface area contributed by atoms with Crippen molar-refractivity contribution in [3.05, 3.63) is 108 Å². The molecule has 2 atom stereocenters. The Kier molecular flexibility index (Phi) is 5.08. The molecule has 0 radical (unpaired) electrons. The summed E-state index contributed by atoms with van der Waals surface area (Å²) in [7, 11) is 4.30. The molecule has 0 spiro atoms. The van der Waals surface area contributed by atoms with Gasteiger partial charge in [0.25, 0.3) is 0 Å². The van der Waals surface area contributed by atoms with Gasteiger partial charge in [0.1, 0.15) is 0 Å². The van der Waals surface area contributed by atoms with Crippen LogP contribution in [0.3, 0.4) is 0 Å². The van der Waals surface area contributed by atoms with Crippen LogP contribution >= 0.6 is 0 Å². The number of hydrogen-bond donors (Lipinski definition) is 0. The van der Waals surface area contributed by atoms with Gasteiger partial charge in [0.15, 0.2) is 0 Å². The molecule has 1 unspecified atom stereocenters. The summed E-state index contributed by atoms with van der Waals surface area (Å²) in [6.45, 7) is 0.954. The molecule has 1 heterocycles. The molecule has 0 aromatic heterocycles. The van der Waals surface area contributed by atoms with Crippen molar-refractivity contribution in [2.75, 3.05) is 25.5 Å². The summed E-state index contributed by atoms with van der Waals surface area (Å²) in [4.78, 5) is 4.86. The van der Waals surface area contributed by atoms with E-state index in [9.17, 15) is 0 Å². The van der Waals surface area contributed by atoms with Crippen molar-refractivity contribution in [2.45, 2.75) is 12.1 Å². The fraction of sp³-hybridized carbons (Fsp3) is 0.200. The van der Waals surface area contributed by atoms with Gasteiger partial charge in [0.05, 0.1) is 12.1 Å². The lowest BCUT2D eigenvalue weighted by Gasteiger charge is -2.43. The second kappa shape index (κ2) is 7.81. The number of hydrogen-bond acceptors (Lipinski definition) is 2. The largest absolute Gasteiger partial charge is 0.352 e. The van der Waals surface area contributed by atoms with Gasteiger partial charge in [-0.15, -0.1) is 0 Å². The van der Waals surface area contributed by atoms with Crippen LogP contribution in [0.5, 0.6) is 0 Å². The molecule has 4 rings (SSSR count). The number of anilines is 1. The first-order valence-electron chi connectivity index (χ1n) is 9.54. The first-order valence-corrected chi connectivity index (χ1v) is 9.54. The molecule has 136 valence electrons. The van der Waals surface area contributed by atoms with E-state index in [1.54, 1.807) is 0 Å². The van der Waals surface area contributed by atoms with Gasteiger partial charge in [0, 0.05) is 12.2 Å². The van der Waals surface area contributed by atoms with Gasteiger partial charge in [-0.25, -0.2) is 0 Å². The van der Waals surface area contributed by atoms with Crippen LogP contribution in [0.1, 0.15) is 28.8 Å². The Bertz CT molecular complexity index is 900. The van der Waals surface area contributed by atoms with E-state index in [0.29, 0.717) is 0 Å². The van der Waals surface area contributed by atoms with E-state index < -0.39 is 0 Å². The van der Waals surface area contributed by atoms with Crippen molar-refractivity contribution in [3.63, 3.8) is 0 Å². The van der Waals surface area contributed by atoms with Crippen molar-refractivity contribution in [3.8, 4) is 0 Å². The number of likely N-dealkylation sites (N-methyl/N-ethyl adjacent to an activating group) is 1. The minimum atomic E-state index is 0.214. The van der Waals surface area contributed by atoms with Gasteiger partial charge >= 0.3 is 0 Å². The van der Waals surface area contributed by atoms with E-state index in [1.807, 2.05) is 0 Å². The number of rotatable bonds is 5. The lowest BCUT2D eigenvalue weighted by molar-refractivity contribution is 0.358. The van der Waals surface area contributed by atoms with E-state index in [2.05, 4.69) is 121 Å². The van der Waals surface area contributed by atoms with Crippen molar-refractivity contribution < 1.29 is 0 Å². The SMILES string of the molecule is CN(C)CC(c1ccccc1)N1c2ccccc2C=C[C@@H]1c1ccccc1. The molecule has 1 aliphatic rings. The van der Waals surface area contributed by atoms with Crippen LogP contribution in [-0.4, -0.2) is 25.5 Å². The van der Waals surface area contributed by atoms with Crippen molar-refractivity contribution in [1.29, 1.82) is 0 Å². The van der Waals surface area contributed by atoms with Gasteiger partial charge in [-0.1, -0.05) is 91.0 Å². The Morgan fingerprint density at radius 3 is 2.15 bits per heavy atom. The molecule has 0 saturated heterocycles. The fourth-order valence-corrected chi connectivity index (χ4v) is 3.96. The molecule has 0 fully saturated rings. The summed E-state index contributed by atoms with van der Waals surface area (Å²) in [6, 6.07) is 30.9. The molecule has 0 saturated carbocycles. The zero-order valence-electron chi connectivity index (χ0n) is 16.0. The first-order chi connectivity index (χ1) is 13.2. The fourth-order valence-electron chi connectivity index (χ4n) is 3.96. The maximum atomic E-state index is 2.58. The number of fused-ring (bicyclic) bond motifs is 1. The highest BCUT2D eigenvalue weighted by molar-refractivity contribution is 5.73. The first kappa shape index (κ1) is 17.6. The quantitative estimate of drug-likeness (QED) is 0.591. The Labute approximate surface area is 162 Å². The third-order valence-electron chi connectivity index (χ3n) is 5.17. The Morgan fingerprint density at radius 2 is 1.44 bits per heavy atom. The second-order valence-corrected chi connectivity index (χ2v) is 7.37. The summed E-state index contributed by atoms with van der Waals surface area (Å²) in [6.07, 6.45) is 4.60. The average molecular weight is 354 g/mol. The topological polar surface area (TPSA) is 6.48 Å².